The van der Waals surface area contributed by atoms with Crippen molar-refractivity contribution in [3.05, 3.63) is 23.8 Å². The Morgan fingerprint density at radius 3 is 2.81 bits per heavy atom. The van der Waals surface area contributed by atoms with Crippen LogP contribution in [-0.4, -0.2) is 30.4 Å². The van der Waals surface area contributed by atoms with Crippen molar-refractivity contribution < 1.29 is 24.2 Å². The number of amides is 2. The van der Waals surface area contributed by atoms with Crippen molar-refractivity contribution in [2.24, 2.45) is 5.92 Å². The summed E-state index contributed by atoms with van der Waals surface area (Å²) in [4.78, 5) is 22.1. The van der Waals surface area contributed by atoms with Gasteiger partial charge in [0.1, 0.15) is 0 Å². The zero-order chi connectivity index (χ0) is 15.2. The van der Waals surface area contributed by atoms with E-state index < -0.39 is 5.97 Å². The Hall–Kier alpha value is -2.44. The molecule has 1 atom stereocenters. The van der Waals surface area contributed by atoms with Crippen LogP contribution in [0.3, 0.4) is 0 Å². The first-order chi connectivity index (χ1) is 10.0. The number of aliphatic carboxylic acids is 1. The second-order valence-corrected chi connectivity index (χ2v) is 4.95. The summed E-state index contributed by atoms with van der Waals surface area (Å²) in [6.07, 6.45) is 0.0302. The van der Waals surface area contributed by atoms with E-state index in [1.807, 2.05) is 12.1 Å². The number of carbonyl (C=O) groups excluding carboxylic acids is 1. The third kappa shape index (κ3) is 4.55. The smallest absolute Gasteiger partial charge is 0.315 e. The standard InChI is InChI=1S/C14H18N2O5/c1-9(4-13(17)18)6-15-14(19)16-7-10-2-3-11-12(5-10)21-8-20-11/h2-3,5,9H,4,6-8H2,1H3,(H,17,18)(H2,15,16,19). The van der Waals surface area contributed by atoms with Crippen LogP contribution in [-0.2, 0) is 11.3 Å². The molecule has 2 amide bonds. The third-order valence-corrected chi connectivity index (χ3v) is 3.02. The molecule has 21 heavy (non-hydrogen) atoms. The Kier molecular flexibility index (Phi) is 4.86. The number of rotatable bonds is 6. The first-order valence-corrected chi connectivity index (χ1v) is 6.66. The molecule has 0 fully saturated rings. The lowest BCUT2D eigenvalue weighted by Crippen LogP contribution is -2.37. The second kappa shape index (κ2) is 6.83. The van der Waals surface area contributed by atoms with E-state index in [1.54, 1.807) is 13.0 Å². The predicted octanol–water partition coefficient (Wildman–Crippen LogP) is 1.33. The van der Waals surface area contributed by atoms with Crippen LogP contribution >= 0.6 is 0 Å². The van der Waals surface area contributed by atoms with E-state index in [0.29, 0.717) is 24.6 Å². The zero-order valence-electron chi connectivity index (χ0n) is 11.7. The molecule has 0 aliphatic carbocycles. The molecular weight excluding hydrogens is 276 g/mol. The summed E-state index contributed by atoms with van der Waals surface area (Å²) < 4.78 is 10.5. The maximum atomic E-state index is 11.6. The zero-order valence-corrected chi connectivity index (χ0v) is 11.7. The summed E-state index contributed by atoms with van der Waals surface area (Å²) in [6, 6.07) is 5.13. The molecule has 1 aliphatic rings. The monoisotopic (exact) mass is 294 g/mol. The number of nitrogens with one attached hydrogen (secondary N) is 2. The predicted molar refractivity (Wildman–Crippen MR) is 74.2 cm³/mol. The quantitative estimate of drug-likeness (QED) is 0.735. The van der Waals surface area contributed by atoms with Gasteiger partial charge < -0.3 is 25.2 Å². The van der Waals surface area contributed by atoms with Gasteiger partial charge in [-0.05, 0) is 23.6 Å². The van der Waals surface area contributed by atoms with E-state index >= 15 is 0 Å². The van der Waals surface area contributed by atoms with Crippen molar-refractivity contribution in [2.45, 2.75) is 19.9 Å². The van der Waals surface area contributed by atoms with Crippen LogP contribution < -0.4 is 20.1 Å². The highest BCUT2D eigenvalue weighted by atomic mass is 16.7. The van der Waals surface area contributed by atoms with Crippen LogP contribution in [0.15, 0.2) is 18.2 Å². The molecule has 7 heteroatoms. The van der Waals surface area contributed by atoms with Crippen molar-refractivity contribution >= 4 is 12.0 Å². The van der Waals surface area contributed by atoms with Gasteiger partial charge >= 0.3 is 12.0 Å². The third-order valence-electron chi connectivity index (χ3n) is 3.02. The maximum absolute atomic E-state index is 11.6. The molecule has 7 nitrogen and oxygen atoms in total. The van der Waals surface area contributed by atoms with Gasteiger partial charge in [0.05, 0.1) is 0 Å². The Labute approximate surface area is 122 Å². The van der Waals surface area contributed by atoms with E-state index in [4.69, 9.17) is 14.6 Å². The number of fused-ring (bicyclic) bond motifs is 1. The second-order valence-electron chi connectivity index (χ2n) is 4.95. The number of hydrogen-bond acceptors (Lipinski definition) is 4. The van der Waals surface area contributed by atoms with E-state index in [-0.39, 0.29) is 25.2 Å². The molecule has 0 radical (unpaired) electrons. The summed E-state index contributed by atoms with van der Waals surface area (Å²) in [6.45, 7) is 2.66. The minimum Gasteiger partial charge on any atom is -0.481 e. The molecule has 0 spiro atoms. The molecular formula is C14H18N2O5. The number of carboxylic acids is 1. The van der Waals surface area contributed by atoms with Crippen molar-refractivity contribution in [1.82, 2.24) is 10.6 Å². The van der Waals surface area contributed by atoms with Crippen molar-refractivity contribution in [1.29, 1.82) is 0 Å². The van der Waals surface area contributed by atoms with E-state index in [1.165, 1.54) is 0 Å². The summed E-state index contributed by atoms with van der Waals surface area (Å²) >= 11 is 0. The van der Waals surface area contributed by atoms with Gasteiger partial charge in [0.25, 0.3) is 0 Å². The largest absolute Gasteiger partial charge is 0.481 e. The molecule has 114 valence electrons. The number of carbonyl (C=O) groups is 2. The highest BCUT2D eigenvalue weighted by Gasteiger charge is 2.13. The Balaban J connectivity index is 1.72. The molecule has 0 bridgehead atoms. The van der Waals surface area contributed by atoms with Crippen LogP contribution in [0.5, 0.6) is 11.5 Å². The molecule has 1 unspecified atom stereocenters. The van der Waals surface area contributed by atoms with Crippen LogP contribution in [0.1, 0.15) is 18.9 Å². The molecule has 3 N–H and O–H groups in total. The first kappa shape index (κ1) is 15.0. The van der Waals surface area contributed by atoms with Gasteiger partial charge in [0.2, 0.25) is 6.79 Å². The number of ether oxygens (including phenoxy) is 2. The van der Waals surface area contributed by atoms with Gasteiger partial charge in [0, 0.05) is 19.5 Å². The van der Waals surface area contributed by atoms with E-state index in [2.05, 4.69) is 10.6 Å². The normalized spacial score (nSPS) is 13.6. The Morgan fingerprint density at radius 1 is 1.29 bits per heavy atom. The van der Waals surface area contributed by atoms with Gasteiger partial charge in [-0.1, -0.05) is 13.0 Å². The van der Waals surface area contributed by atoms with Crippen LogP contribution in [0, 0.1) is 5.92 Å². The van der Waals surface area contributed by atoms with Crippen molar-refractivity contribution in [2.75, 3.05) is 13.3 Å². The minimum absolute atomic E-state index is 0.0302. The van der Waals surface area contributed by atoms with Crippen LogP contribution in [0.2, 0.25) is 0 Å². The molecule has 2 rings (SSSR count). The highest BCUT2D eigenvalue weighted by Crippen LogP contribution is 2.32. The average Bonchev–Trinajstić information content (AvgIpc) is 2.89. The van der Waals surface area contributed by atoms with Gasteiger partial charge in [-0.3, -0.25) is 4.79 Å². The van der Waals surface area contributed by atoms with Crippen LogP contribution in [0.4, 0.5) is 4.79 Å². The van der Waals surface area contributed by atoms with Crippen molar-refractivity contribution in [3.63, 3.8) is 0 Å². The lowest BCUT2D eigenvalue weighted by Gasteiger charge is -2.11. The summed E-state index contributed by atoms with van der Waals surface area (Å²) in [7, 11) is 0. The molecule has 0 saturated heterocycles. The fraction of sp³-hybridized carbons (Fsp3) is 0.429. The first-order valence-electron chi connectivity index (χ1n) is 6.66. The minimum atomic E-state index is -0.870. The summed E-state index contributed by atoms with van der Waals surface area (Å²) in [5.41, 5.74) is 0.896. The molecule has 1 aromatic rings. The lowest BCUT2D eigenvalue weighted by molar-refractivity contribution is -0.137. The summed E-state index contributed by atoms with van der Waals surface area (Å²) in [5.74, 6) is 0.388. The van der Waals surface area contributed by atoms with Crippen molar-refractivity contribution in [3.8, 4) is 11.5 Å². The van der Waals surface area contributed by atoms with Crippen LogP contribution in [0.25, 0.3) is 0 Å². The molecule has 1 heterocycles. The SMILES string of the molecule is CC(CNC(=O)NCc1ccc2c(c1)OCO2)CC(=O)O. The topological polar surface area (TPSA) is 96.9 Å². The molecule has 0 saturated carbocycles. The van der Waals surface area contributed by atoms with Gasteiger partial charge in [-0.15, -0.1) is 0 Å². The number of carboxylic acid groups (broad SMARTS) is 1. The van der Waals surface area contributed by atoms with E-state index in [0.717, 1.165) is 5.56 Å². The van der Waals surface area contributed by atoms with E-state index in [9.17, 15) is 9.59 Å². The average molecular weight is 294 g/mol. The van der Waals surface area contributed by atoms with Gasteiger partial charge in [-0.25, -0.2) is 4.79 Å². The summed E-state index contributed by atoms with van der Waals surface area (Å²) in [5, 5.41) is 14.0. The van der Waals surface area contributed by atoms with Gasteiger partial charge in [-0.2, -0.15) is 0 Å². The van der Waals surface area contributed by atoms with Gasteiger partial charge in [0.15, 0.2) is 11.5 Å². The Bertz CT molecular complexity index is 532. The molecule has 1 aromatic carbocycles. The number of hydrogen-bond donors (Lipinski definition) is 3. The lowest BCUT2D eigenvalue weighted by atomic mass is 10.1. The fourth-order valence-corrected chi connectivity index (χ4v) is 1.93. The Morgan fingerprint density at radius 2 is 2.05 bits per heavy atom. The fourth-order valence-electron chi connectivity index (χ4n) is 1.93. The maximum Gasteiger partial charge on any atom is 0.315 e. The molecule has 1 aliphatic heterocycles. The molecule has 0 aromatic heterocycles. The number of urea groups is 1. The highest BCUT2D eigenvalue weighted by molar-refractivity contribution is 5.74. The number of benzene rings is 1.